The Balaban J connectivity index is 1.58. The van der Waals surface area contributed by atoms with Crippen LogP contribution >= 0.6 is 45.8 Å². The van der Waals surface area contributed by atoms with Gasteiger partial charge < -0.3 is 15.4 Å². The van der Waals surface area contributed by atoms with Crippen molar-refractivity contribution in [3.05, 3.63) is 121 Å². The van der Waals surface area contributed by atoms with E-state index in [0.717, 1.165) is 14.7 Å². The van der Waals surface area contributed by atoms with Crippen molar-refractivity contribution in [2.45, 2.75) is 23.8 Å². The Kier molecular flexibility index (Phi) is 6.95. The first-order valence-electron chi connectivity index (χ1n) is 12.4. The predicted octanol–water partition coefficient (Wildman–Crippen LogP) is 7.50. The lowest BCUT2D eigenvalue weighted by Crippen LogP contribution is -2.56. The van der Waals surface area contributed by atoms with E-state index < -0.39 is 17.4 Å². The quantitative estimate of drug-likeness (QED) is 0.219. The Hall–Kier alpha value is -3.58. The minimum absolute atomic E-state index is 0.0854. The van der Waals surface area contributed by atoms with E-state index in [2.05, 4.69) is 39.3 Å². The molecule has 2 amide bonds. The molecule has 1 unspecified atom stereocenters. The van der Waals surface area contributed by atoms with E-state index in [4.69, 9.17) is 27.9 Å². The largest absolute Gasteiger partial charge is 0.457 e. The number of hydrogen-bond donors (Lipinski definition) is 2. The van der Waals surface area contributed by atoms with Gasteiger partial charge in [0, 0.05) is 37.2 Å². The van der Waals surface area contributed by atoms with Gasteiger partial charge in [0.05, 0.1) is 17.7 Å². The lowest BCUT2D eigenvalue weighted by molar-refractivity contribution is -0.131. The molecule has 4 aromatic rings. The average Bonchev–Trinajstić information content (AvgIpc) is 3.22. The molecule has 4 aromatic carbocycles. The van der Waals surface area contributed by atoms with Gasteiger partial charge in [0.1, 0.15) is 16.9 Å². The third-order valence-corrected chi connectivity index (χ3v) is 8.64. The monoisotopic (exact) mass is 679 g/mol. The number of ether oxygens (including phenoxy) is 1. The van der Waals surface area contributed by atoms with Crippen LogP contribution in [0.5, 0.6) is 11.5 Å². The molecule has 0 aromatic heterocycles. The Morgan fingerprint density at radius 3 is 2.48 bits per heavy atom. The number of carbonyl (C=O) groups is 2. The molecule has 1 fully saturated rings. The highest BCUT2D eigenvalue weighted by Crippen LogP contribution is 2.58. The van der Waals surface area contributed by atoms with E-state index in [0.29, 0.717) is 38.4 Å². The maximum absolute atomic E-state index is 14.3. The summed E-state index contributed by atoms with van der Waals surface area (Å²) in [7, 11) is 0. The van der Waals surface area contributed by atoms with Crippen molar-refractivity contribution in [1.29, 1.82) is 5.26 Å². The number of rotatable bonds is 4. The summed E-state index contributed by atoms with van der Waals surface area (Å²) in [5.41, 5.74) is 2.05. The molecule has 1 saturated heterocycles. The van der Waals surface area contributed by atoms with Crippen molar-refractivity contribution in [2.24, 2.45) is 0 Å². The van der Waals surface area contributed by atoms with Gasteiger partial charge >= 0.3 is 0 Å². The molecule has 6 nitrogen and oxygen atoms in total. The van der Waals surface area contributed by atoms with Crippen molar-refractivity contribution in [3.63, 3.8) is 0 Å². The molecular weight excluding hydrogens is 660 g/mol. The van der Waals surface area contributed by atoms with Gasteiger partial charge in [0.15, 0.2) is 0 Å². The molecule has 3 atom stereocenters. The second-order valence-corrected chi connectivity index (χ2v) is 11.9. The summed E-state index contributed by atoms with van der Waals surface area (Å²) >= 11 is 14.9. The molecule has 2 heterocycles. The molecule has 0 saturated carbocycles. The highest BCUT2D eigenvalue weighted by Gasteiger charge is 2.61. The molecule has 9 heteroatoms. The van der Waals surface area contributed by atoms with E-state index in [-0.39, 0.29) is 18.2 Å². The summed E-state index contributed by atoms with van der Waals surface area (Å²) in [5.74, 6) is 0.0266. The number of benzene rings is 4. The zero-order valence-electron chi connectivity index (χ0n) is 20.8. The first-order chi connectivity index (χ1) is 19.3. The fourth-order valence-electron chi connectivity index (χ4n) is 5.83. The number of carbonyl (C=O) groups excluding carboxylic acids is 2. The van der Waals surface area contributed by atoms with Crippen molar-refractivity contribution in [3.8, 4) is 17.6 Å². The lowest BCUT2D eigenvalue weighted by atomic mass is 9.59. The molecule has 2 aliphatic rings. The molecule has 0 aliphatic carbocycles. The fourth-order valence-corrected chi connectivity index (χ4v) is 6.72. The third-order valence-electron chi connectivity index (χ3n) is 7.50. The Morgan fingerprint density at radius 1 is 0.950 bits per heavy atom. The van der Waals surface area contributed by atoms with Crippen LogP contribution in [0.2, 0.25) is 10.0 Å². The summed E-state index contributed by atoms with van der Waals surface area (Å²) < 4.78 is 7.23. The van der Waals surface area contributed by atoms with Crippen LogP contribution in [0.3, 0.4) is 0 Å². The summed E-state index contributed by atoms with van der Waals surface area (Å²) in [6.45, 7) is 0. The minimum atomic E-state index is -1.23. The fraction of sp³-hybridized carbons (Fsp3) is 0.129. The zero-order valence-corrected chi connectivity index (χ0v) is 24.4. The summed E-state index contributed by atoms with van der Waals surface area (Å²) in [4.78, 5) is 27.7. The first kappa shape index (κ1) is 26.6. The lowest BCUT2D eigenvalue weighted by Gasteiger charge is -2.46. The number of anilines is 1. The maximum atomic E-state index is 14.3. The van der Waals surface area contributed by atoms with E-state index in [1.165, 1.54) is 0 Å². The summed E-state index contributed by atoms with van der Waals surface area (Å²) in [6.07, 6.45) is 0.0854. The number of amides is 2. The van der Waals surface area contributed by atoms with E-state index in [9.17, 15) is 14.9 Å². The number of piperidine rings is 1. The van der Waals surface area contributed by atoms with Gasteiger partial charge in [-0.25, -0.2) is 0 Å². The molecule has 1 spiro atoms. The number of nitrogens with zero attached hydrogens (tertiary/aromatic N) is 1. The van der Waals surface area contributed by atoms with Crippen LogP contribution < -0.4 is 15.4 Å². The van der Waals surface area contributed by atoms with Crippen molar-refractivity contribution in [1.82, 2.24) is 5.32 Å². The number of halogens is 3. The van der Waals surface area contributed by atoms with Crippen LogP contribution in [0.4, 0.5) is 5.69 Å². The van der Waals surface area contributed by atoms with Gasteiger partial charge in [-0.1, -0.05) is 41.4 Å². The van der Waals surface area contributed by atoms with E-state index in [1.807, 2.05) is 42.5 Å². The highest BCUT2D eigenvalue weighted by atomic mass is 127. The zero-order chi connectivity index (χ0) is 28.0. The molecule has 40 heavy (non-hydrogen) atoms. The average molecular weight is 680 g/mol. The third kappa shape index (κ3) is 4.50. The molecule has 0 bridgehead atoms. The van der Waals surface area contributed by atoms with Crippen LogP contribution in [0.1, 0.15) is 40.6 Å². The van der Waals surface area contributed by atoms with Gasteiger partial charge in [-0.3, -0.25) is 9.59 Å². The van der Waals surface area contributed by atoms with Gasteiger partial charge in [-0.05, 0) is 100 Å². The van der Waals surface area contributed by atoms with Crippen LogP contribution in [-0.2, 0) is 15.0 Å². The SMILES string of the molecule is N#Cc1ccc(Oc2ccc(I)cc2[C@H]2NC(=O)C[C@@H](c3cccc(Cl)c3)C23C(=O)Nc2cc(Cl)ccc23)cc1. The second-order valence-electron chi connectivity index (χ2n) is 9.75. The number of hydrogen-bond acceptors (Lipinski definition) is 4. The molecular formula is C31H20Cl2IN3O3. The standard InChI is InChI=1S/C31H20Cl2IN3O3/c32-19-3-1-2-18(12-19)25-15-28(38)37-29(31(25)24-10-6-20(33)13-26(24)36-30(31)39)23-14-21(34)7-11-27(23)40-22-8-4-17(16-35)5-9-22/h1-14,25,29H,15H2,(H,36,39)(H,37,38)/t25-,29+,31?/m0/s1. The number of nitrogens with one attached hydrogen (secondary N) is 2. The molecule has 0 radical (unpaired) electrons. The molecule has 2 aliphatic heterocycles. The maximum Gasteiger partial charge on any atom is 0.238 e. The number of nitriles is 1. The second kappa shape index (κ2) is 10.4. The highest BCUT2D eigenvalue weighted by molar-refractivity contribution is 14.1. The van der Waals surface area contributed by atoms with Crippen molar-refractivity contribution >= 4 is 63.3 Å². The van der Waals surface area contributed by atoms with Crippen molar-refractivity contribution in [2.75, 3.05) is 5.32 Å². The summed E-state index contributed by atoms with van der Waals surface area (Å²) in [5, 5.41) is 16.4. The number of fused-ring (bicyclic) bond motifs is 2. The Bertz CT molecular complexity index is 1720. The Morgan fingerprint density at radius 2 is 1.73 bits per heavy atom. The summed E-state index contributed by atoms with van der Waals surface area (Å²) in [6, 6.07) is 26.4. The van der Waals surface area contributed by atoms with Gasteiger partial charge in [-0.15, -0.1) is 0 Å². The Labute approximate surface area is 254 Å². The first-order valence-corrected chi connectivity index (χ1v) is 14.3. The van der Waals surface area contributed by atoms with Gasteiger partial charge in [0.25, 0.3) is 0 Å². The molecule has 6 rings (SSSR count). The van der Waals surface area contributed by atoms with E-state index in [1.54, 1.807) is 42.5 Å². The molecule has 198 valence electrons. The predicted molar refractivity (Wildman–Crippen MR) is 162 cm³/mol. The van der Waals surface area contributed by atoms with Crippen LogP contribution in [0.15, 0.2) is 84.9 Å². The van der Waals surface area contributed by atoms with Crippen LogP contribution in [0, 0.1) is 14.9 Å². The molecule has 2 N–H and O–H groups in total. The van der Waals surface area contributed by atoms with Gasteiger partial charge in [0.2, 0.25) is 11.8 Å². The normalized spacial score (nSPS) is 21.4. The smallest absolute Gasteiger partial charge is 0.238 e. The van der Waals surface area contributed by atoms with Crippen LogP contribution in [-0.4, -0.2) is 11.8 Å². The van der Waals surface area contributed by atoms with E-state index >= 15 is 0 Å². The minimum Gasteiger partial charge on any atom is -0.457 e. The van der Waals surface area contributed by atoms with Crippen molar-refractivity contribution < 1.29 is 14.3 Å². The van der Waals surface area contributed by atoms with Crippen LogP contribution in [0.25, 0.3) is 0 Å². The van der Waals surface area contributed by atoms with Gasteiger partial charge in [-0.2, -0.15) is 5.26 Å². The topological polar surface area (TPSA) is 91.2 Å².